The fourth-order valence-electron chi connectivity index (χ4n) is 0.947. The third-order valence-electron chi connectivity index (χ3n) is 1.63. The Labute approximate surface area is 91.2 Å². The third kappa shape index (κ3) is 2.60. The predicted molar refractivity (Wildman–Crippen MR) is 58.0 cm³/mol. The highest BCUT2D eigenvalue weighted by atomic mass is 79.9. The molecule has 1 aromatic carbocycles. The van der Waals surface area contributed by atoms with Crippen LogP contribution < -0.4 is 0 Å². The molecule has 0 aliphatic heterocycles. The third-order valence-corrected chi connectivity index (χ3v) is 3.68. The zero-order valence-corrected chi connectivity index (χ0v) is 9.76. The number of rotatable bonds is 1. The van der Waals surface area contributed by atoms with Crippen molar-refractivity contribution >= 4 is 32.3 Å². The van der Waals surface area contributed by atoms with Gasteiger partial charge < -0.3 is 0 Å². The van der Waals surface area contributed by atoms with Crippen LogP contribution in [-0.2, 0) is 6.18 Å². The molecule has 0 heterocycles. The van der Waals surface area contributed by atoms with Gasteiger partial charge in [0.2, 0.25) is 0 Å². The summed E-state index contributed by atoms with van der Waals surface area (Å²) in [5, 5.41) is 0. The fraction of sp³-hybridized carbons (Fsp3) is 0.222. The SMILES string of the molecule is C=S(C)c1cc(C(F)(F)F)ccc1Br. The summed E-state index contributed by atoms with van der Waals surface area (Å²) in [6.07, 6.45) is -2.50. The molecule has 0 nitrogen and oxygen atoms in total. The lowest BCUT2D eigenvalue weighted by Gasteiger charge is -2.10. The molecule has 0 fully saturated rings. The minimum absolute atomic E-state index is 0.432. The summed E-state index contributed by atoms with van der Waals surface area (Å²) in [5.74, 6) is 3.72. The van der Waals surface area contributed by atoms with E-state index in [1.165, 1.54) is 6.07 Å². The van der Waals surface area contributed by atoms with Gasteiger partial charge >= 0.3 is 6.18 Å². The van der Waals surface area contributed by atoms with E-state index in [4.69, 9.17) is 0 Å². The van der Waals surface area contributed by atoms with Crippen molar-refractivity contribution in [2.24, 2.45) is 0 Å². The molecule has 0 aliphatic carbocycles. The van der Waals surface area contributed by atoms with Crippen molar-refractivity contribution in [2.45, 2.75) is 11.1 Å². The van der Waals surface area contributed by atoms with Gasteiger partial charge in [0.05, 0.1) is 5.56 Å². The normalized spacial score (nSPS) is 14.1. The van der Waals surface area contributed by atoms with Gasteiger partial charge in [-0.2, -0.15) is 23.7 Å². The molecule has 0 radical (unpaired) electrons. The van der Waals surface area contributed by atoms with Crippen LogP contribution in [0.2, 0.25) is 0 Å². The van der Waals surface area contributed by atoms with Crippen molar-refractivity contribution in [3.8, 4) is 0 Å². The Morgan fingerprint density at radius 1 is 1.36 bits per heavy atom. The van der Waals surface area contributed by atoms with Gasteiger partial charge in [-0.05, 0) is 40.4 Å². The molecule has 1 rings (SSSR count). The summed E-state index contributed by atoms with van der Waals surface area (Å²) in [4.78, 5) is 0.597. The Kier molecular flexibility index (Phi) is 3.42. The second-order valence-corrected chi connectivity index (χ2v) is 5.35. The van der Waals surface area contributed by atoms with E-state index in [2.05, 4.69) is 21.8 Å². The van der Waals surface area contributed by atoms with Gasteiger partial charge in [-0.15, -0.1) is 0 Å². The van der Waals surface area contributed by atoms with Crippen LogP contribution in [-0.4, -0.2) is 12.1 Å². The Balaban J connectivity index is 3.27. The van der Waals surface area contributed by atoms with Crippen LogP contribution in [0.1, 0.15) is 5.56 Å². The van der Waals surface area contributed by atoms with Crippen LogP contribution in [0.15, 0.2) is 27.6 Å². The smallest absolute Gasteiger partial charge is 0.166 e. The largest absolute Gasteiger partial charge is 0.416 e. The Bertz CT molecular complexity index is 371. The highest BCUT2D eigenvalue weighted by Gasteiger charge is 2.30. The van der Waals surface area contributed by atoms with Crippen molar-refractivity contribution < 1.29 is 13.2 Å². The topological polar surface area (TPSA) is 0 Å². The second-order valence-electron chi connectivity index (χ2n) is 2.78. The van der Waals surface area contributed by atoms with Gasteiger partial charge in [0.25, 0.3) is 0 Å². The Hall–Kier alpha value is -0.290. The maximum absolute atomic E-state index is 12.3. The minimum Gasteiger partial charge on any atom is -0.166 e. The lowest BCUT2D eigenvalue weighted by molar-refractivity contribution is -0.137. The predicted octanol–water partition coefficient (Wildman–Crippen LogP) is 4.16. The molecule has 14 heavy (non-hydrogen) atoms. The molecule has 0 aliphatic rings. The number of halogens is 4. The highest BCUT2D eigenvalue weighted by molar-refractivity contribution is 9.10. The molecule has 1 unspecified atom stereocenters. The van der Waals surface area contributed by atoms with E-state index in [0.29, 0.717) is 9.37 Å². The Morgan fingerprint density at radius 3 is 2.36 bits per heavy atom. The molecule has 0 amide bonds. The second kappa shape index (κ2) is 4.06. The lowest BCUT2D eigenvalue weighted by atomic mass is 10.2. The molecule has 1 aromatic rings. The first-order valence-electron chi connectivity index (χ1n) is 3.65. The van der Waals surface area contributed by atoms with Crippen molar-refractivity contribution in [3.05, 3.63) is 28.2 Å². The molecule has 0 spiro atoms. The summed E-state index contributed by atoms with van der Waals surface area (Å²) < 4.78 is 37.7. The summed E-state index contributed by atoms with van der Waals surface area (Å²) in [6.45, 7) is 0. The summed E-state index contributed by atoms with van der Waals surface area (Å²) in [6, 6.07) is 3.60. The van der Waals surface area contributed by atoms with Gasteiger partial charge in [-0.3, -0.25) is 0 Å². The summed E-state index contributed by atoms with van der Waals surface area (Å²) >= 11 is 3.20. The first kappa shape index (κ1) is 11.8. The van der Waals surface area contributed by atoms with Gasteiger partial charge in [0.15, 0.2) is 0 Å². The van der Waals surface area contributed by atoms with E-state index >= 15 is 0 Å². The van der Waals surface area contributed by atoms with Crippen LogP contribution in [0.5, 0.6) is 0 Å². The quantitative estimate of drug-likeness (QED) is 0.680. The van der Waals surface area contributed by atoms with Gasteiger partial charge in [0.1, 0.15) is 0 Å². The van der Waals surface area contributed by atoms with Crippen molar-refractivity contribution in [1.82, 2.24) is 0 Å². The minimum atomic E-state index is -4.28. The molecule has 0 N–H and O–H groups in total. The summed E-state index contributed by atoms with van der Waals surface area (Å²) in [5.41, 5.74) is -0.626. The van der Waals surface area contributed by atoms with Crippen LogP contribution in [0, 0.1) is 0 Å². The molecule has 0 bridgehead atoms. The fourth-order valence-corrected chi connectivity index (χ4v) is 2.75. The van der Waals surface area contributed by atoms with E-state index in [-0.39, 0.29) is 0 Å². The summed E-state index contributed by atoms with van der Waals surface area (Å²) in [7, 11) is -0.432. The average Bonchev–Trinajstić information content (AvgIpc) is 2.02. The van der Waals surface area contributed by atoms with Crippen LogP contribution in [0.4, 0.5) is 13.2 Å². The molecule has 0 saturated carbocycles. The number of benzene rings is 1. The lowest BCUT2D eigenvalue weighted by Crippen LogP contribution is -2.04. The molecule has 0 saturated heterocycles. The van der Waals surface area contributed by atoms with Crippen LogP contribution in [0.25, 0.3) is 0 Å². The average molecular weight is 285 g/mol. The number of hydrogen-bond acceptors (Lipinski definition) is 0. The van der Waals surface area contributed by atoms with Crippen LogP contribution in [0.3, 0.4) is 0 Å². The molecular weight excluding hydrogens is 277 g/mol. The standard InChI is InChI=1S/C9H8BrF3S/c1-14(2)8-5-6(9(11,12)13)3-4-7(8)10/h3-5H,1H2,2H3. The van der Waals surface area contributed by atoms with Gasteiger partial charge in [-0.1, -0.05) is 5.87 Å². The molecule has 0 aromatic heterocycles. The van der Waals surface area contributed by atoms with E-state index in [1.54, 1.807) is 6.26 Å². The van der Waals surface area contributed by atoms with Crippen molar-refractivity contribution in [2.75, 3.05) is 6.26 Å². The molecule has 5 heteroatoms. The number of hydrogen-bond donors (Lipinski definition) is 0. The van der Waals surface area contributed by atoms with Gasteiger partial charge in [-0.25, -0.2) is 0 Å². The molecule has 1 atom stereocenters. The van der Waals surface area contributed by atoms with Crippen molar-refractivity contribution in [3.63, 3.8) is 0 Å². The van der Waals surface area contributed by atoms with Crippen molar-refractivity contribution in [1.29, 1.82) is 0 Å². The molecular formula is C9H8BrF3S. The number of alkyl halides is 3. The zero-order chi connectivity index (χ0) is 10.9. The zero-order valence-electron chi connectivity index (χ0n) is 7.36. The first-order valence-corrected chi connectivity index (χ1v) is 6.24. The molecule has 78 valence electrons. The van der Waals surface area contributed by atoms with Gasteiger partial charge in [0, 0.05) is 9.37 Å². The van der Waals surface area contributed by atoms with E-state index in [9.17, 15) is 13.2 Å². The van der Waals surface area contributed by atoms with Crippen LogP contribution >= 0.6 is 26.4 Å². The van der Waals surface area contributed by atoms with E-state index in [1.807, 2.05) is 0 Å². The maximum atomic E-state index is 12.3. The highest BCUT2D eigenvalue weighted by Crippen LogP contribution is 2.36. The Morgan fingerprint density at radius 2 is 1.93 bits per heavy atom. The van der Waals surface area contributed by atoms with E-state index < -0.39 is 22.2 Å². The monoisotopic (exact) mass is 284 g/mol. The first-order chi connectivity index (χ1) is 6.32. The van der Waals surface area contributed by atoms with E-state index in [0.717, 1.165) is 12.1 Å². The maximum Gasteiger partial charge on any atom is 0.416 e.